The number of pyridine rings is 1. The van der Waals surface area contributed by atoms with Crippen molar-refractivity contribution in [1.29, 1.82) is 0 Å². The molecule has 1 atom stereocenters. The molecule has 3 rings (SSSR count). The average Bonchev–Trinajstić information content (AvgIpc) is 2.60. The minimum Gasteiger partial charge on any atom is -0.496 e. The van der Waals surface area contributed by atoms with Gasteiger partial charge in [-0.2, -0.15) is 0 Å². The van der Waals surface area contributed by atoms with E-state index in [1.165, 1.54) is 16.3 Å². The minimum absolute atomic E-state index is 0.181. The summed E-state index contributed by atoms with van der Waals surface area (Å²) in [5, 5.41) is 2.44. The summed E-state index contributed by atoms with van der Waals surface area (Å²) in [6, 6.07) is 18.5. The molecular formula is C19H20N2O. The highest BCUT2D eigenvalue weighted by Crippen LogP contribution is 2.32. The van der Waals surface area contributed by atoms with Crippen molar-refractivity contribution in [3.8, 4) is 5.75 Å². The third kappa shape index (κ3) is 2.81. The van der Waals surface area contributed by atoms with Crippen LogP contribution in [-0.2, 0) is 6.42 Å². The van der Waals surface area contributed by atoms with E-state index >= 15 is 0 Å². The number of aromatic nitrogens is 1. The van der Waals surface area contributed by atoms with Gasteiger partial charge in [0, 0.05) is 29.9 Å². The Morgan fingerprint density at radius 2 is 1.86 bits per heavy atom. The Balaban J connectivity index is 2.05. The number of hydrogen-bond donors (Lipinski definition) is 1. The Hall–Kier alpha value is -2.39. The van der Waals surface area contributed by atoms with Gasteiger partial charge in [-0.25, -0.2) is 0 Å². The highest BCUT2D eigenvalue weighted by Gasteiger charge is 2.16. The van der Waals surface area contributed by atoms with Crippen molar-refractivity contribution >= 4 is 10.8 Å². The number of methoxy groups -OCH3 is 1. The fourth-order valence-electron chi connectivity index (χ4n) is 2.89. The summed E-state index contributed by atoms with van der Waals surface area (Å²) in [4.78, 5) is 4.46. The third-order valence-corrected chi connectivity index (χ3v) is 4.06. The molecule has 22 heavy (non-hydrogen) atoms. The Morgan fingerprint density at radius 3 is 2.59 bits per heavy atom. The van der Waals surface area contributed by atoms with Gasteiger partial charge in [-0.1, -0.05) is 36.4 Å². The molecular weight excluding hydrogens is 272 g/mol. The van der Waals surface area contributed by atoms with Crippen LogP contribution in [0.3, 0.4) is 0 Å². The molecule has 0 amide bonds. The number of ether oxygens (including phenoxy) is 1. The molecule has 0 aliphatic carbocycles. The van der Waals surface area contributed by atoms with Gasteiger partial charge in [0.05, 0.1) is 7.11 Å². The van der Waals surface area contributed by atoms with Crippen molar-refractivity contribution in [3.63, 3.8) is 0 Å². The predicted octanol–water partition coefficient (Wildman–Crippen LogP) is 3.53. The van der Waals surface area contributed by atoms with Crippen molar-refractivity contribution in [3.05, 3.63) is 72.1 Å². The largest absolute Gasteiger partial charge is 0.496 e. The molecule has 3 heteroatoms. The molecule has 1 aromatic heterocycles. The molecule has 1 unspecified atom stereocenters. The lowest BCUT2D eigenvalue weighted by molar-refractivity contribution is 0.409. The van der Waals surface area contributed by atoms with Crippen LogP contribution in [0.25, 0.3) is 10.8 Å². The number of benzene rings is 2. The Kier molecular flexibility index (Phi) is 4.35. The van der Waals surface area contributed by atoms with E-state index in [1.807, 2.05) is 30.5 Å². The maximum absolute atomic E-state index is 6.01. The SMILES string of the molecule is COc1ccc2ccccc2c1CC(CN)c1ccccn1. The maximum atomic E-state index is 6.01. The number of fused-ring (bicyclic) bond motifs is 1. The third-order valence-electron chi connectivity index (χ3n) is 4.06. The highest BCUT2D eigenvalue weighted by molar-refractivity contribution is 5.87. The molecule has 1 heterocycles. The summed E-state index contributed by atoms with van der Waals surface area (Å²) in [5.41, 5.74) is 8.23. The molecule has 0 fully saturated rings. The van der Waals surface area contributed by atoms with Crippen LogP contribution >= 0.6 is 0 Å². The zero-order chi connectivity index (χ0) is 15.4. The smallest absolute Gasteiger partial charge is 0.122 e. The van der Waals surface area contributed by atoms with Crippen molar-refractivity contribution in [2.75, 3.05) is 13.7 Å². The maximum Gasteiger partial charge on any atom is 0.122 e. The summed E-state index contributed by atoms with van der Waals surface area (Å²) in [5.74, 6) is 1.09. The highest BCUT2D eigenvalue weighted by atomic mass is 16.5. The van der Waals surface area contributed by atoms with Gasteiger partial charge in [0.2, 0.25) is 0 Å². The fourth-order valence-corrected chi connectivity index (χ4v) is 2.89. The first kappa shape index (κ1) is 14.5. The van der Waals surface area contributed by atoms with E-state index in [9.17, 15) is 0 Å². The number of hydrogen-bond acceptors (Lipinski definition) is 3. The topological polar surface area (TPSA) is 48.1 Å². The number of nitrogens with two attached hydrogens (primary N) is 1. The van der Waals surface area contributed by atoms with E-state index in [0.717, 1.165) is 17.9 Å². The molecule has 2 aromatic carbocycles. The van der Waals surface area contributed by atoms with Crippen LogP contribution in [0.5, 0.6) is 5.75 Å². The van der Waals surface area contributed by atoms with Gasteiger partial charge in [-0.15, -0.1) is 0 Å². The van der Waals surface area contributed by atoms with Gasteiger partial charge in [-0.3, -0.25) is 4.98 Å². The second-order valence-electron chi connectivity index (χ2n) is 5.36. The van der Waals surface area contributed by atoms with Gasteiger partial charge < -0.3 is 10.5 Å². The van der Waals surface area contributed by atoms with E-state index in [4.69, 9.17) is 10.5 Å². The summed E-state index contributed by atoms with van der Waals surface area (Å²) in [6.07, 6.45) is 2.64. The molecule has 0 saturated heterocycles. The Morgan fingerprint density at radius 1 is 1.05 bits per heavy atom. The predicted molar refractivity (Wildman–Crippen MR) is 90.2 cm³/mol. The Bertz CT molecular complexity index is 756. The van der Waals surface area contributed by atoms with E-state index in [2.05, 4.69) is 35.3 Å². The summed E-state index contributed by atoms with van der Waals surface area (Å²) in [6.45, 7) is 0.559. The summed E-state index contributed by atoms with van der Waals surface area (Å²) >= 11 is 0. The lowest BCUT2D eigenvalue weighted by atomic mass is 9.91. The fraction of sp³-hybridized carbons (Fsp3) is 0.211. The van der Waals surface area contributed by atoms with Crippen molar-refractivity contribution in [2.45, 2.75) is 12.3 Å². The molecule has 0 aliphatic heterocycles. The second-order valence-corrected chi connectivity index (χ2v) is 5.36. The minimum atomic E-state index is 0.181. The zero-order valence-electron chi connectivity index (χ0n) is 12.7. The molecule has 0 aliphatic rings. The average molecular weight is 292 g/mol. The van der Waals surface area contributed by atoms with Crippen LogP contribution in [0.1, 0.15) is 17.2 Å². The van der Waals surface area contributed by atoms with Crippen LogP contribution in [0.2, 0.25) is 0 Å². The molecule has 0 spiro atoms. The van der Waals surface area contributed by atoms with Crippen LogP contribution < -0.4 is 10.5 Å². The molecule has 0 radical (unpaired) electrons. The van der Waals surface area contributed by atoms with E-state index in [0.29, 0.717) is 6.54 Å². The first-order valence-electron chi connectivity index (χ1n) is 7.49. The summed E-state index contributed by atoms with van der Waals surface area (Å²) < 4.78 is 5.57. The number of rotatable bonds is 5. The molecule has 3 nitrogen and oxygen atoms in total. The monoisotopic (exact) mass is 292 g/mol. The van der Waals surface area contributed by atoms with E-state index in [-0.39, 0.29) is 5.92 Å². The summed E-state index contributed by atoms with van der Waals surface area (Å²) in [7, 11) is 1.71. The van der Waals surface area contributed by atoms with Gasteiger partial charge in [0.25, 0.3) is 0 Å². The van der Waals surface area contributed by atoms with Gasteiger partial charge in [0.1, 0.15) is 5.75 Å². The lowest BCUT2D eigenvalue weighted by Gasteiger charge is -2.18. The van der Waals surface area contributed by atoms with Crippen molar-refractivity contribution < 1.29 is 4.74 Å². The van der Waals surface area contributed by atoms with E-state index in [1.54, 1.807) is 7.11 Å². The number of nitrogens with zero attached hydrogens (tertiary/aromatic N) is 1. The van der Waals surface area contributed by atoms with Gasteiger partial charge >= 0.3 is 0 Å². The molecule has 0 saturated carbocycles. The van der Waals surface area contributed by atoms with Crippen LogP contribution in [0, 0.1) is 0 Å². The molecule has 3 aromatic rings. The van der Waals surface area contributed by atoms with Crippen LogP contribution in [0.4, 0.5) is 0 Å². The zero-order valence-corrected chi connectivity index (χ0v) is 12.7. The standard InChI is InChI=1S/C19H20N2O/c1-22-19-10-9-14-6-2-3-7-16(14)17(19)12-15(13-20)18-8-4-5-11-21-18/h2-11,15H,12-13,20H2,1H3. The van der Waals surface area contributed by atoms with Crippen molar-refractivity contribution in [2.24, 2.45) is 5.73 Å². The normalized spacial score (nSPS) is 12.3. The van der Waals surface area contributed by atoms with Crippen LogP contribution in [-0.4, -0.2) is 18.6 Å². The van der Waals surface area contributed by atoms with Crippen LogP contribution in [0.15, 0.2) is 60.8 Å². The second kappa shape index (κ2) is 6.58. The van der Waals surface area contributed by atoms with Gasteiger partial charge in [-0.05, 0) is 35.4 Å². The Labute approximate surface area is 130 Å². The van der Waals surface area contributed by atoms with Crippen molar-refractivity contribution in [1.82, 2.24) is 4.98 Å². The van der Waals surface area contributed by atoms with Gasteiger partial charge in [0.15, 0.2) is 0 Å². The molecule has 112 valence electrons. The lowest BCUT2D eigenvalue weighted by Crippen LogP contribution is -2.16. The first-order chi connectivity index (χ1) is 10.8. The molecule has 0 bridgehead atoms. The molecule has 2 N–H and O–H groups in total. The van der Waals surface area contributed by atoms with E-state index < -0.39 is 0 Å². The first-order valence-corrected chi connectivity index (χ1v) is 7.49. The quantitative estimate of drug-likeness (QED) is 0.782.